The van der Waals surface area contributed by atoms with Gasteiger partial charge in [-0.3, -0.25) is 4.79 Å². The first-order chi connectivity index (χ1) is 15.2. The van der Waals surface area contributed by atoms with Gasteiger partial charge in [-0.05, 0) is 50.3 Å². The van der Waals surface area contributed by atoms with E-state index in [2.05, 4.69) is 51.6 Å². The SMILES string of the molecule is CC(CCc1ccccc1)NC(=O)C1CCCN(c2ccc(-c3ccccc3)nn2)C1. The topological polar surface area (TPSA) is 58.1 Å². The first-order valence-corrected chi connectivity index (χ1v) is 11.2. The fraction of sp³-hybridized carbons (Fsp3) is 0.346. The summed E-state index contributed by atoms with van der Waals surface area (Å²) in [4.78, 5) is 15.0. The molecule has 5 heteroatoms. The Morgan fingerprint density at radius 1 is 1.03 bits per heavy atom. The van der Waals surface area contributed by atoms with Gasteiger partial charge in [0.25, 0.3) is 0 Å². The van der Waals surface area contributed by atoms with Gasteiger partial charge >= 0.3 is 0 Å². The second-order valence-corrected chi connectivity index (χ2v) is 8.36. The molecule has 1 fully saturated rings. The Labute approximate surface area is 184 Å². The quantitative estimate of drug-likeness (QED) is 0.619. The molecule has 2 unspecified atom stereocenters. The molecule has 2 aromatic carbocycles. The molecular formula is C26H30N4O. The van der Waals surface area contributed by atoms with Gasteiger partial charge in [0.2, 0.25) is 5.91 Å². The minimum Gasteiger partial charge on any atom is -0.354 e. The van der Waals surface area contributed by atoms with E-state index in [0.717, 1.165) is 49.3 Å². The van der Waals surface area contributed by atoms with Crippen LogP contribution in [0.4, 0.5) is 5.82 Å². The maximum absolute atomic E-state index is 12.9. The van der Waals surface area contributed by atoms with Crippen molar-refractivity contribution in [3.05, 3.63) is 78.4 Å². The summed E-state index contributed by atoms with van der Waals surface area (Å²) >= 11 is 0. The molecule has 1 saturated heterocycles. The molecule has 3 aromatic rings. The van der Waals surface area contributed by atoms with Crippen LogP contribution in [-0.4, -0.2) is 35.2 Å². The summed E-state index contributed by atoms with van der Waals surface area (Å²) in [5.74, 6) is 0.983. The summed E-state index contributed by atoms with van der Waals surface area (Å²) in [6.45, 7) is 3.69. The van der Waals surface area contributed by atoms with Gasteiger partial charge in [0.05, 0.1) is 11.6 Å². The maximum Gasteiger partial charge on any atom is 0.225 e. The number of hydrogen-bond acceptors (Lipinski definition) is 4. The summed E-state index contributed by atoms with van der Waals surface area (Å²) in [5.41, 5.74) is 3.23. The van der Waals surface area contributed by atoms with Crippen LogP contribution in [0.5, 0.6) is 0 Å². The van der Waals surface area contributed by atoms with E-state index in [1.807, 2.05) is 48.5 Å². The fourth-order valence-electron chi connectivity index (χ4n) is 4.12. The number of nitrogens with one attached hydrogen (secondary N) is 1. The third-order valence-corrected chi connectivity index (χ3v) is 5.93. The normalized spacial score (nSPS) is 17.2. The highest BCUT2D eigenvalue weighted by molar-refractivity contribution is 5.79. The largest absolute Gasteiger partial charge is 0.354 e. The van der Waals surface area contributed by atoms with Crippen molar-refractivity contribution in [2.45, 2.75) is 38.6 Å². The van der Waals surface area contributed by atoms with Crippen LogP contribution in [-0.2, 0) is 11.2 Å². The average molecular weight is 415 g/mol. The first-order valence-electron chi connectivity index (χ1n) is 11.2. The Morgan fingerprint density at radius 2 is 1.77 bits per heavy atom. The van der Waals surface area contributed by atoms with Crippen LogP contribution >= 0.6 is 0 Å². The van der Waals surface area contributed by atoms with E-state index >= 15 is 0 Å². The average Bonchev–Trinajstić information content (AvgIpc) is 2.84. The van der Waals surface area contributed by atoms with Gasteiger partial charge in [-0.25, -0.2) is 0 Å². The van der Waals surface area contributed by atoms with Crippen LogP contribution in [0, 0.1) is 5.92 Å². The summed E-state index contributed by atoms with van der Waals surface area (Å²) in [6.07, 6.45) is 3.82. The molecular weight excluding hydrogens is 384 g/mol. The van der Waals surface area contributed by atoms with Crippen molar-refractivity contribution < 1.29 is 4.79 Å². The lowest BCUT2D eigenvalue weighted by Gasteiger charge is -2.33. The van der Waals surface area contributed by atoms with Gasteiger partial charge in [-0.15, -0.1) is 10.2 Å². The van der Waals surface area contributed by atoms with E-state index < -0.39 is 0 Å². The smallest absolute Gasteiger partial charge is 0.225 e. The minimum absolute atomic E-state index is 0.0106. The lowest BCUT2D eigenvalue weighted by atomic mass is 9.96. The third-order valence-electron chi connectivity index (χ3n) is 5.93. The van der Waals surface area contributed by atoms with Gasteiger partial charge in [0, 0.05) is 24.7 Å². The number of anilines is 1. The molecule has 1 aromatic heterocycles. The lowest BCUT2D eigenvalue weighted by molar-refractivity contribution is -0.125. The monoisotopic (exact) mass is 414 g/mol. The molecule has 2 atom stereocenters. The molecule has 5 nitrogen and oxygen atoms in total. The van der Waals surface area contributed by atoms with Crippen LogP contribution in [0.25, 0.3) is 11.3 Å². The van der Waals surface area contributed by atoms with E-state index in [9.17, 15) is 4.79 Å². The standard InChI is InChI=1S/C26H30N4O/c1-20(14-15-21-9-4-2-5-10-21)27-26(31)23-13-8-18-30(19-23)25-17-16-24(28-29-25)22-11-6-3-7-12-22/h2-7,9-12,16-17,20,23H,8,13-15,18-19H2,1H3,(H,27,31). The van der Waals surface area contributed by atoms with Gasteiger partial charge in [-0.1, -0.05) is 60.7 Å². The Bertz CT molecular complexity index is 960. The van der Waals surface area contributed by atoms with Crippen molar-refractivity contribution in [1.29, 1.82) is 0 Å². The fourth-order valence-corrected chi connectivity index (χ4v) is 4.12. The number of nitrogens with zero attached hydrogens (tertiary/aromatic N) is 3. The van der Waals surface area contributed by atoms with Crippen molar-refractivity contribution in [3.8, 4) is 11.3 Å². The highest BCUT2D eigenvalue weighted by Crippen LogP contribution is 2.23. The summed E-state index contributed by atoms with van der Waals surface area (Å²) in [7, 11) is 0. The Morgan fingerprint density at radius 3 is 2.48 bits per heavy atom. The second-order valence-electron chi connectivity index (χ2n) is 8.36. The van der Waals surface area contributed by atoms with E-state index in [-0.39, 0.29) is 17.9 Å². The van der Waals surface area contributed by atoms with Crippen molar-refractivity contribution >= 4 is 11.7 Å². The number of benzene rings is 2. The summed E-state index contributed by atoms with van der Waals surface area (Å²) in [6, 6.07) is 24.7. The van der Waals surface area contributed by atoms with Gasteiger partial charge < -0.3 is 10.2 Å². The number of aromatic nitrogens is 2. The maximum atomic E-state index is 12.9. The Kier molecular flexibility index (Phi) is 6.92. The Balaban J connectivity index is 1.31. The van der Waals surface area contributed by atoms with E-state index in [0.29, 0.717) is 6.54 Å². The van der Waals surface area contributed by atoms with E-state index in [1.165, 1.54) is 5.56 Å². The highest BCUT2D eigenvalue weighted by atomic mass is 16.2. The lowest BCUT2D eigenvalue weighted by Crippen LogP contribution is -2.45. The Hall–Kier alpha value is -3.21. The molecule has 1 aliphatic rings. The van der Waals surface area contributed by atoms with E-state index in [1.54, 1.807) is 0 Å². The highest BCUT2D eigenvalue weighted by Gasteiger charge is 2.27. The molecule has 31 heavy (non-hydrogen) atoms. The van der Waals surface area contributed by atoms with Crippen molar-refractivity contribution in [3.63, 3.8) is 0 Å². The molecule has 160 valence electrons. The number of piperidine rings is 1. The zero-order valence-electron chi connectivity index (χ0n) is 18.1. The first kappa shape index (κ1) is 21.0. The molecule has 1 aliphatic heterocycles. The van der Waals surface area contributed by atoms with Gasteiger partial charge in [0.1, 0.15) is 0 Å². The van der Waals surface area contributed by atoms with E-state index in [4.69, 9.17) is 0 Å². The second kappa shape index (κ2) is 10.2. The van der Waals surface area contributed by atoms with Crippen LogP contribution < -0.4 is 10.2 Å². The number of rotatable bonds is 7. The van der Waals surface area contributed by atoms with Crippen molar-refractivity contribution in [1.82, 2.24) is 15.5 Å². The molecule has 0 radical (unpaired) electrons. The molecule has 1 amide bonds. The van der Waals surface area contributed by atoms with Gasteiger partial charge in [0.15, 0.2) is 5.82 Å². The van der Waals surface area contributed by atoms with Crippen LogP contribution in [0.15, 0.2) is 72.8 Å². The number of carbonyl (C=O) groups is 1. The zero-order valence-corrected chi connectivity index (χ0v) is 18.1. The number of hydrogen-bond donors (Lipinski definition) is 1. The third kappa shape index (κ3) is 5.69. The summed E-state index contributed by atoms with van der Waals surface area (Å²) < 4.78 is 0. The van der Waals surface area contributed by atoms with Crippen LogP contribution in [0.1, 0.15) is 31.7 Å². The summed E-state index contributed by atoms with van der Waals surface area (Å²) in [5, 5.41) is 12.1. The molecule has 4 rings (SSSR count). The van der Waals surface area contributed by atoms with Crippen LogP contribution in [0.3, 0.4) is 0 Å². The number of aryl methyl sites for hydroxylation is 1. The molecule has 0 spiro atoms. The van der Waals surface area contributed by atoms with Gasteiger partial charge in [-0.2, -0.15) is 0 Å². The van der Waals surface area contributed by atoms with Crippen LogP contribution in [0.2, 0.25) is 0 Å². The molecule has 0 bridgehead atoms. The molecule has 2 heterocycles. The molecule has 0 saturated carbocycles. The predicted molar refractivity (Wildman–Crippen MR) is 125 cm³/mol. The molecule has 0 aliphatic carbocycles. The molecule has 1 N–H and O–H groups in total. The predicted octanol–water partition coefficient (Wildman–Crippen LogP) is 4.50. The zero-order chi connectivity index (χ0) is 21.5. The van der Waals surface area contributed by atoms with Crippen molar-refractivity contribution in [2.24, 2.45) is 5.92 Å². The number of carbonyl (C=O) groups excluding carboxylic acids is 1. The number of amides is 1. The van der Waals surface area contributed by atoms with Crippen molar-refractivity contribution in [2.75, 3.05) is 18.0 Å². The minimum atomic E-state index is -0.0106.